The Bertz CT molecular complexity index is 883. The van der Waals surface area contributed by atoms with Crippen LogP contribution in [0, 0.1) is 4.91 Å². The Labute approximate surface area is 176 Å². The van der Waals surface area contributed by atoms with Gasteiger partial charge in [-0.05, 0) is 77.1 Å². The van der Waals surface area contributed by atoms with Crippen molar-refractivity contribution in [3.05, 3.63) is 49.5 Å². The number of anilines is 1. The van der Waals surface area contributed by atoms with E-state index in [1.54, 1.807) is 19.1 Å². The molecule has 1 aliphatic carbocycles. The molecule has 28 heavy (non-hydrogen) atoms. The van der Waals surface area contributed by atoms with Gasteiger partial charge in [0.05, 0.1) is 14.4 Å². The summed E-state index contributed by atoms with van der Waals surface area (Å²) in [6.07, 6.45) is 4.01. The zero-order valence-electron chi connectivity index (χ0n) is 15.5. The van der Waals surface area contributed by atoms with Crippen molar-refractivity contribution in [1.29, 1.82) is 0 Å². The molecule has 1 heterocycles. The summed E-state index contributed by atoms with van der Waals surface area (Å²) in [6, 6.07) is 8.88. The van der Waals surface area contributed by atoms with Crippen molar-refractivity contribution in [1.82, 2.24) is 5.32 Å². The first kappa shape index (κ1) is 20.7. The molecule has 1 fully saturated rings. The molecule has 6 nitrogen and oxygen atoms in total. The Kier molecular flexibility index (Phi) is 6.96. The fourth-order valence-electron chi connectivity index (χ4n) is 3.47. The molecule has 148 valence electrons. The van der Waals surface area contributed by atoms with Gasteiger partial charge >= 0.3 is 0 Å². The number of Topliss-reactive ketones (excluding diaryl/α,β-unsaturated/α-hetero) is 1. The summed E-state index contributed by atoms with van der Waals surface area (Å²) in [5.74, 6) is -0.0730. The normalized spacial score (nSPS) is 19.1. The van der Waals surface area contributed by atoms with E-state index in [0.717, 1.165) is 29.5 Å². The minimum absolute atomic E-state index is 0.0166. The number of amides is 1. The molecule has 2 aromatic rings. The van der Waals surface area contributed by atoms with E-state index in [1.807, 2.05) is 12.1 Å². The Morgan fingerprint density at radius 3 is 2.68 bits per heavy atom. The Balaban J connectivity index is 1.64. The molecule has 0 bridgehead atoms. The highest BCUT2D eigenvalue weighted by molar-refractivity contribution is 9.11. The van der Waals surface area contributed by atoms with Gasteiger partial charge in [0.25, 0.3) is 5.91 Å². The van der Waals surface area contributed by atoms with Crippen LogP contribution in [0.1, 0.15) is 59.1 Å². The second-order valence-electron chi connectivity index (χ2n) is 6.88. The lowest BCUT2D eigenvalue weighted by Gasteiger charge is -2.31. The van der Waals surface area contributed by atoms with E-state index in [0.29, 0.717) is 22.5 Å². The zero-order valence-corrected chi connectivity index (χ0v) is 17.9. The second kappa shape index (κ2) is 9.43. The van der Waals surface area contributed by atoms with Crippen molar-refractivity contribution < 1.29 is 9.59 Å². The molecule has 0 radical (unpaired) electrons. The van der Waals surface area contributed by atoms with Crippen LogP contribution in [-0.2, 0) is 0 Å². The van der Waals surface area contributed by atoms with Crippen LogP contribution in [0.2, 0.25) is 0 Å². The molecular weight excluding hydrogens is 442 g/mol. The predicted molar refractivity (Wildman–Crippen MR) is 116 cm³/mol. The molecule has 3 rings (SSSR count). The summed E-state index contributed by atoms with van der Waals surface area (Å²) in [5.41, 5.74) is 1.37. The number of carbonyl (C=O) groups excluding carboxylic acids is 2. The zero-order chi connectivity index (χ0) is 20.1. The molecule has 1 aliphatic rings. The largest absolute Gasteiger partial charge is 0.380 e. The van der Waals surface area contributed by atoms with E-state index in [1.165, 1.54) is 17.4 Å². The van der Waals surface area contributed by atoms with Crippen LogP contribution in [0.25, 0.3) is 0 Å². The van der Waals surface area contributed by atoms with Crippen LogP contribution in [0.5, 0.6) is 0 Å². The monoisotopic (exact) mass is 463 g/mol. The SMILES string of the molecule is CCC(=O)c1ccc(NC2CCCC(NC(=O)c3ccc(Br)s3)C2)c(N=O)c1. The average Bonchev–Trinajstić information content (AvgIpc) is 3.14. The van der Waals surface area contributed by atoms with E-state index >= 15 is 0 Å². The fourth-order valence-corrected chi connectivity index (χ4v) is 4.76. The predicted octanol–water partition coefficient (Wildman–Crippen LogP) is 5.65. The minimum atomic E-state index is -0.0565. The molecule has 1 aromatic carbocycles. The number of benzene rings is 1. The number of hydrogen-bond donors (Lipinski definition) is 2. The van der Waals surface area contributed by atoms with Gasteiger partial charge in [0.2, 0.25) is 0 Å². The van der Waals surface area contributed by atoms with Crippen LogP contribution in [0.4, 0.5) is 11.4 Å². The second-order valence-corrected chi connectivity index (χ2v) is 9.34. The van der Waals surface area contributed by atoms with Gasteiger partial charge in [-0.1, -0.05) is 6.92 Å². The Morgan fingerprint density at radius 2 is 2.00 bits per heavy atom. The first-order valence-electron chi connectivity index (χ1n) is 9.33. The molecule has 2 atom stereocenters. The number of nitrogens with one attached hydrogen (secondary N) is 2. The summed E-state index contributed by atoms with van der Waals surface area (Å²) in [7, 11) is 0. The van der Waals surface area contributed by atoms with Crippen molar-refractivity contribution in [2.75, 3.05) is 5.32 Å². The van der Waals surface area contributed by atoms with Gasteiger partial charge in [0, 0.05) is 24.1 Å². The van der Waals surface area contributed by atoms with Crippen LogP contribution >= 0.6 is 27.3 Å². The van der Waals surface area contributed by atoms with Gasteiger partial charge in [-0.3, -0.25) is 9.59 Å². The molecule has 1 aromatic heterocycles. The molecule has 2 N–H and O–H groups in total. The first-order valence-corrected chi connectivity index (χ1v) is 10.9. The van der Waals surface area contributed by atoms with Crippen molar-refractivity contribution in [2.24, 2.45) is 5.18 Å². The number of ketones is 1. The maximum atomic E-state index is 12.4. The maximum absolute atomic E-state index is 12.4. The van der Waals surface area contributed by atoms with Crippen molar-refractivity contribution >= 4 is 50.3 Å². The van der Waals surface area contributed by atoms with E-state index < -0.39 is 0 Å². The van der Waals surface area contributed by atoms with Gasteiger partial charge in [0.15, 0.2) is 5.78 Å². The number of carbonyl (C=O) groups is 2. The highest BCUT2D eigenvalue weighted by atomic mass is 79.9. The molecule has 1 amide bonds. The smallest absolute Gasteiger partial charge is 0.261 e. The van der Waals surface area contributed by atoms with Crippen LogP contribution in [0.15, 0.2) is 39.3 Å². The highest BCUT2D eigenvalue weighted by Gasteiger charge is 2.25. The summed E-state index contributed by atoms with van der Waals surface area (Å²) in [5, 5.41) is 9.56. The summed E-state index contributed by atoms with van der Waals surface area (Å²) < 4.78 is 0.930. The third-order valence-electron chi connectivity index (χ3n) is 4.91. The molecule has 8 heteroatoms. The first-order chi connectivity index (χ1) is 13.5. The summed E-state index contributed by atoms with van der Waals surface area (Å²) in [6.45, 7) is 1.79. The standard InChI is InChI=1S/C20H22BrN3O3S/c1-2-17(25)12-6-7-15(16(10-12)24-27)22-13-4-3-5-14(11-13)23-20(26)18-8-9-19(21)28-18/h6-10,13-14,22H,2-5,11H2,1H3,(H,23,26). The number of halogens is 1. The number of hydrogen-bond acceptors (Lipinski definition) is 6. The number of thiophene rings is 1. The minimum Gasteiger partial charge on any atom is -0.380 e. The molecule has 2 unspecified atom stereocenters. The number of nitrogens with zero attached hydrogens (tertiary/aromatic N) is 1. The van der Waals surface area contributed by atoms with Crippen LogP contribution in [0.3, 0.4) is 0 Å². The molecule has 0 spiro atoms. The third kappa shape index (κ3) is 5.05. The van der Waals surface area contributed by atoms with E-state index in [9.17, 15) is 14.5 Å². The quantitative estimate of drug-likeness (QED) is 0.409. The number of rotatable bonds is 7. The molecule has 0 saturated heterocycles. The number of nitroso groups, excluding NO2 is 1. The highest BCUT2D eigenvalue weighted by Crippen LogP contribution is 2.30. The van der Waals surface area contributed by atoms with Gasteiger partial charge in [0.1, 0.15) is 5.69 Å². The third-order valence-corrected chi connectivity index (χ3v) is 6.53. The summed E-state index contributed by atoms with van der Waals surface area (Å²) >= 11 is 4.79. The van der Waals surface area contributed by atoms with Crippen molar-refractivity contribution in [3.63, 3.8) is 0 Å². The molecule has 1 saturated carbocycles. The molecular formula is C20H22BrN3O3S. The van der Waals surface area contributed by atoms with Crippen LogP contribution in [-0.4, -0.2) is 23.8 Å². The van der Waals surface area contributed by atoms with Gasteiger partial charge in [-0.2, -0.15) is 0 Å². The van der Waals surface area contributed by atoms with E-state index in [4.69, 9.17) is 0 Å². The lowest BCUT2D eigenvalue weighted by atomic mass is 9.90. The average molecular weight is 464 g/mol. The molecule has 0 aliphatic heterocycles. The van der Waals surface area contributed by atoms with Gasteiger partial charge in [-0.15, -0.1) is 16.2 Å². The van der Waals surface area contributed by atoms with Crippen LogP contribution < -0.4 is 10.6 Å². The van der Waals surface area contributed by atoms with Gasteiger partial charge < -0.3 is 10.6 Å². The summed E-state index contributed by atoms with van der Waals surface area (Å²) in [4.78, 5) is 36.2. The Morgan fingerprint density at radius 1 is 1.21 bits per heavy atom. The lowest BCUT2D eigenvalue weighted by Crippen LogP contribution is -2.41. The van der Waals surface area contributed by atoms with Crippen molar-refractivity contribution in [3.8, 4) is 0 Å². The van der Waals surface area contributed by atoms with E-state index in [2.05, 4.69) is 31.7 Å². The maximum Gasteiger partial charge on any atom is 0.261 e. The lowest BCUT2D eigenvalue weighted by molar-refractivity contribution is 0.0929. The van der Waals surface area contributed by atoms with Crippen molar-refractivity contribution in [2.45, 2.75) is 51.1 Å². The Hall–Kier alpha value is -2.06. The topological polar surface area (TPSA) is 87.6 Å². The van der Waals surface area contributed by atoms with E-state index in [-0.39, 0.29) is 29.5 Å². The fraction of sp³-hybridized carbons (Fsp3) is 0.400. The van der Waals surface area contributed by atoms with Gasteiger partial charge in [-0.25, -0.2) is 0 Å².